The fourth-order valence-electron chi connectivity index (χ4n) is 2.80. The van der Waals surface area contributed by atoms with Crippen LogP contribution in [0, 0.1) is 0 Å². The molecule has 0 radical (unpaired) electrons. The third-order valence-electron chi connectivity index (χ3n) is 4.10. The van der Waals surface area contributed by atoms with Gasteiger partial charge in [0.2, 0.25) is 5.75 Å². The van der Waals surface area contributed by atoms with Crippen LogP contribution < -0.4 is 19.8 Å². The first-order valence-corrected chi connectivity index (χ1v) is 8.55. The Morgan fingerprint density at radius 2 is 1.77 bits per heavy atom. The van der Waals surface area contributed by atoms with Gasteiger partial charge in [-0.1, -0.05) is 30.3 Å². The van der Waals surface area contributed by atoms with Crippen molar-refractivity contribution < 1.29 is 14.2 Å². The van der Waals surface area contributed by atoms with Crippen molar-refractivity contribution in [3.8, 4) is 17.2 Å². The number of ether oxygens (including phenoxy) is 3. The Morgan fingerprint density at radius 1 is 1.04 bits per heavy atom. The molecule has 0 saturated heterocycles. The zero-order chi connectivity index (χ0) is 18.7. The summed E-state index contributed by atoms with van der Waals surface area (Å²) in [6.45, 7) is 4.13. The summed E-state index contributed by atoms with van der Waals surface area (Å²) in [5, 5.41) is 0.805. The number of hydrogen-bond donors (Lipinski definition) is 0. The van der Waals surface area contributed by atoms with E-state index in [0.29, 0.717) is 18.1 Å². The molecule has 0 aliphatic rings. The minimum Gasteiger partial charge on any atom is -0.497 e. The van der Waals surface area contributed by atoms with Gasteiger partial charge >= 0.3 is 0 Å². The standard InChI is InChI=1S/C21H23NO4/c1-14(2)26-20-19(25-13-15-8-6-5-7-9-15)17-11-10-16(24-4)12-18(17)22(3)21(20)23/h5-12,14H,13H2,1-4H3. The summed E-state index contributed by atoms with van der Waals surface area (Å²) in [7, 11) is 3.32. The summed E-state index contributed by atoms with van der Waals surface area (Å²) in [4.78, 5) is 12.9. The van der Waals surface area contributed by atoms with Crippen molar-refractivity contribution >= 4 is 10.9 Å². The Labute approximate surface area is 152 Å². The van der Waals surface area contributed by atoms with Crippen LogP contribution in [-0.4, -0.2) is 17.8 Å². The molecule has 0 N–H and O–H groups in total. The number of benzene rings is 2. The minimum atomic E-state index is -0.234. The number of rotatable bonds is 6. The third-order valence-corrected chi connectivity index (χ3v) is 4.10. The van der Waals surface area contributed by atoms with E-state index >= 15 is 0 Å². The number of nitrogens with zero attached hydrogens (tertiary/aromatic N) is 1. The van der Waals surface area contributed by atoms with Crippen LogP contribution in [0.4, 0.5) is 0 Å². The summed E-state index contributed by atoms with van der Waals surface area (Å²) in [6.07, 6.45) is -0.141. The van der Waals surface area contributed by atoms with E-state index in [0.717, 1.165) is 16.5 Å². The SMILES string of the molecule is COc1ccc2c(OCc3ccccc3)c(OC(C)C)c(=O)n(C)c2c1. The van der Waals surface area contributed by atoms with Gasteiger partial charge in [0.05, 0.1) is 18.7 Å². The van der Waals surface area contributed by atoms with E-state index in [1.165, 1.54) is 0 Å². The topological polar surface area (TPSA) is 49.7 Å². The quantitative estimate of drug-likeness (QED) is 0.674. The van der Waals surface area contributed by atoms with Gasteiger partial charge in [0.25, 0.3) is 5.56 Å². The zero-order valence-corrected chi connectivity index (χ0v) is 15.5. The molecule has 0 atom stereocenters. The number of methoxy groups -OCH3 is 1. The van der Waals surface area contributed by atoms with Gasteiger partial charge < -0.3 is 18.8 Å². The van der Waals surface area contributed by atoms with Crippen LogP contribution in [0.3, 0.4) is 0 Å². The molecule has 0 spiro atoms. The monoisotopic (exact) mass is 353 g/mol. The highest BCUT2D eigenvalue weighted by Crippen LogP contribution is 2.35. The van der Waals surface area contributed by atoms with Crippen molar-refractivity contribution in [3.05, 3.63) is 64.4 Å². The van der Waals surface area contributed by atoms with Gasteiger partial charge in [-0.15, -0.1) is 0 Å². The Hall–Kier alpha value is -2.95. The Bertz CT molecular complexity index is 961. The molecular formula is C21H23NO4. The molecule has 0 fully saturated rings. The first-order valence-electron chi connectivity index (χ1n) is 8.55. The number of hydrogen-bond acceptors (Lipinski definition) is 4. The van der Waals surface area contributed by atoms with Gasteiger partial charge in [0.15, 0.2) is 5.75 Å². The van der Waals surface area contributed by atoms with Crippen LogP contribution in [0.25, 0.3) is 10.9 Å². The van der Waals surface area contributed by atoms with E-state index in [1.54, 1.807) is 18.7 Å². The fraction of sp³-hybridized carbons (Fsp3) is 0.286. The summed E-state index contributed by atoms with van der Waals surface area (Å²) in [5.74, 6) is 1.37. The predicted octanol–water partition coefficient (Wildman–Crippen LogP) is 3.91. The summed E-state index contributed by atoms with van der Waals surface area (Å²) in [5.41, 5.74) is 1.52. The maximum Gasteiger partial charge on any atom is 0.297 e. The first kappa shape index (κ1) is 17.9. The second-order valence-electron chi connectivity index (χ2n) is 6.35. The molecule has 0 amide bonds. The minimum absolute atomic E-state index is 0.141. The van der Waals surface area contributed by atoms with Crippen molar-refractivity contribution in [2.45, 2.75) is 26.6 Å². The van der Waals surface area contributed by atoms with Crippen LogP contribution >= 0.6 is 0 Å². The Balaban J connectivity index is 2.15. The lowest BCUT2D eigenvalue weighted by Crippen LogP contribution is -2.23. The molecule has 3 aromatic rings. The molecule has 2 aromatic carbocycles. The lowest BCUT2D eigenvalue weighted by Gasteiger charge is -2.19. The van der Waals surface area contributed by atoms with Crippen LogP contribution in [0.5, 0.6) is 17.2 Å². The fourth-order valence-corrected chi connectivity index (χ4v) is 2.80. The Kier molecular flexibility index (Phi) is 5.16. The molecule has 5 nitrogen and oxygen atoms in total. The van der Waals surface area contributed by atoms with Crippen molar-refractivity contribution in [1.29, 1.82) is 0 Å². The second kappa shape index (κ2) is 7.52. The average Bonchev–Trinajstić information content (AvgIpc) is 2.65. The number of fused-ring (bicyclic) bond motifs is 1. The van der Waals surface area contributed by atoms with E-state index < -0.39 is 0 Å². The second-order valence-corrected chi connectivity index (χ2v) is 6.35. The molecule has 136 valence electrons. The maximum absolute atomic E-state index is 12.9. The highest BCUT2D eigenvalue weighted by atomic mass is 16.5. The van der Waals surface area contributed by atoms with Crippen LogP contribution in [-0.2, 0) is 13.7 Å². The molecule has 0 bridgehead atoms. The highest BCUT2D eigenvalue weighted by Gasteiger charge is 2.20. The normalized spacial score (nSPS) is 11.0. The zero-order valence-electron chi connectivity index (χ0n) is 15.5. The van der Waals surface area contributed by atoms with Crippen molar-refractivity contribution in [2.75, 3.05) is 7.11 Å². The molecule has 1 heterocycles. The molecular weight excluding hydrogens is 330 g/mol. The van der Waals surface area contributed by atoms with E-state index in [2.05, 4.69) is 0 Å². The van der Waals surface area contributed by atoms with E-state index in [-0.39, 0.29) is 17.4 Å². The van der Waals surface area contributed by atoms with Gasteiger partial charge in [0, 0.05) is 18.5 Å². The molecule has 26 heavy (non-hydrogen) atoms. The number of aryl methyl sites for hydroxylation is 1. The molecule has 1 aromatic heterocycles. The first-order chi connectivity index (χ1) is 12.5. The van der Waals surface area contributed by atoms with E-state index in [1.807, 2.05) is 62.4 Å². The van der Waals surface area contributed by atoms with Gasteiger partial charge in [-0.3, -0.25) is 4.79 Å². The molecule has 0 aliphatic carbocycles. The molecule has 3 rings (SSSR count). The highest BCUT2D eigenvalue weighted by molar-refractivity contribution is 5.89. The van der Waals surface area contributed by atoms with E-state index in [9.17, 15) is 4.79 Å². The lowest BCUT2D eigenvalue weighted by atomic mass is 10.1. The largest absolute Gasteiger partial charge is 0.497 e. The van der Waals surface area contributed by atoms with Gasteiger partial charge in [-0.25, -0.2) is 0 Å². The van der Waals surface area contributed by atoms with Crippen LogP contribution in [0.15, 0.2) is 53.3 Å². The van der Waals surface area contributed by atoms with E-state index in [4.69, 9.17) is 14.2 Å². The molecule has 0 saturated carbocycles. The third kappa shape index (κ3) is 3.52. The van der Waals surface area contributed by atoms with Gasteiger partial charge in [-0.05, 0) is 31.5 Å². The lowest BCUT2D eigenvalue weighted by molar-refractivity contribution is 0.215. The van der Waals surface area contributed by atoms with Gasteiger partial charge in [-0.2, -0.15) is 0 Å². The predicted molar refractivity (Wildman–Crippen MR) is 102 cm³/mol. The van der Waals surface area contributed by atoms with Crippen molar-refractivity contribution in [2.24, 2.45) is 7.05 Å². The smallest absolute Gasteiger partial charge is 0.297 e. The number of pyridine rings is 1. The molecule has 0 aliphatic heterocycles. The summed E-state index contributed by atoms with van der Waals surface area (Å²) in [6, 6.07) is 15.4. The number of aromatic nitrogens is 1. The summed E-state index contributed by atoms with van der Waals surface area (Å²) >= 11 is 0. The summed E-state index contributed by atoms with van der Waals surface area (Å²) < 4.78 is 18.7. The molecule has 0 unspecified atom stereocenters. The Morgan fingerprint density at radius 3 is 2.42 bits per heavy atom. The van der Waals surface area contributed by atoms with Crippen molar-refractivity contribution in [3.63, 3.8) is 0 Å². The van der Waals surface area contributed by atoms with Crippen molar-refractivity contribution in [1.82, 2.24) is 4.57 Å². The van der Waals surface area contributed by atoms with Crippen LogP contribution in [0.2, 0.25) is 0 Å². The maximum atomic E-state index is 12.9. The molecule has 5 heteroatoms. The average molecular weight is 353 g/mol. The van der Waals surface area contributed by atoms with Crippen LogP contribution in [0.1, 0.15) is 19.4 Å². The van der Waals surface area contributed by atoms with Gasteiger partial charge in [0.1, 0.15) is 12.4 Å².